The van der Waals surface area contributed by atoms with Gasteiger partial charge in [-0.25, -0.2) is 12.8 Å². The third-order valence-electron chi connectivity index (χ3n) is 4.44. The van der Waals surface area contributed by atoms with Gasteiger partial charge in [-0.2, -0.15) is 0 Å². The number of sulfone groups is 1. The molecule has 2 aromatic carbocycles. The number of carbonyl (C=O) groups is 1. The SMILES string of the molecule is Cc1ccc(S(=O)(=O)[C@H]2[C@H](c3cccc(F)c3)[C@@]2(N)C(=O)O)cc1. The van der Waals surface area contributed by atoms with E-state index in [1.807, 2.05) is 6.92 Å². The highest BCUT2D eigenvalue weighted by Gasteiger charge is 2.74. The molecule has 0 heterocycles. The minimum Gasteiger partial charge on any atom is -0.480 e. The van der Waals surface area contributed by atoms with Crippen LogP contribution in [0.15, 0.2) is 53.4 Å². The Labute approximate surface area is 138 Å². The molecule has 0 saturated heterocycles. The van der Waals surface area contributed by atoms with Crippen LogP contribution in [-0.2, 0) is 14.6 Å². The zero-order valence-electron chi connectivity index (χ0n) is 12.8. The maximum absolute atomic E-state index is 13.5. The standard InChI is InChI=1S/C17H16FNO4S/c1-10-5-7-13(8-6-10)24(22,23)15-14(17(15,19)16(20)21)11-3-2-4-12(18)9-11/h2-9,14-15H,19H2,1H3,(H,20,21)/t14-,15-,17-/m0/s1. The van der Waals surface area contributed by atoms with E-state index in [1.165, 1.54) is 30.3 Å². The summed E-state index contributed by atoms with van der Waals surface area (Å²) >= 11 is 0. The molecular formula is C17H16FNO4S. The quantitative estimate of drug-likeness (QED) is 0.878. The van der Waals surface area contributed by atoms with E-state index in [0.29, 0.717) is 0 Å². The molecule has 3 N–H and O–H groups in total. The van der Waals surface area contributed by atoms with Crippen molar-refractivity contribution >= 4 is 15.8 Å². The fourth-order valence-electron chi connectivity index (χ4n) is 3.09. The molecular weight excluding hydrogens is 333 g/mol. The van der Waals surface area contributed by atoms with Gasteiger partial charge in [-0.05, 0) is 36.8 Å². The van der Waals surface area contributed by atoms with Crippen molar-refractivity contribution in [2.24, 2.45) is 5.73 Å². The molecule has 24 heavy (non-hydrogen) atoms. The Kier molecular flexibility index (Phi) is 3.73. The molecule has 1 fully saturated rings. The largest absolute Gasteiger partial charge is 0.480 e. The molecule has 3 rings (SSSR count). The fourth-order valence-corrected chi connectivity index (χ4v) is 5.32. The van der Waals surface area contributed by atoms with Crippen LogP contribution in [0.1, 0.15) is 17.0 Å². The lowest BCUT2D eigenvalue weighted by atomic mass is 10.1. The molecule has 0 amide bonds. The third-order valence-corrected chi connectivity index (χ3v) is 6.70. The van der Waals surface area contributed by atoms with Crippen molar-refractivity contribution in [1.29, 1.82) is 0 Å². The number of nitrogens with two attached hydrogens (primary N) is 1. The van der Waals surface area contributed by atoms with Crippen molar-refractivity contribution in [3.05, 3.63) is 65.5 Å². The molecule has 1 aliphatic rings. The Balaban J connectivity index is 2.08. The van der Waals surface area contributed by atoms with E-state index in [9.17, 15) is 22.7 Å². The van der Waals surface area contributed by atoms with Crippen LogP contribution in [0.25, 0.3) is 0 Å². The Morgan fingerprint density at radius 3 is 2.38 bits per heavy atom. The number of benzene rings is 2. The lowest BCUT2D eigenvalue weighted by Gasteiger charge is -2.07. The number of hydrogen-bond donors (Lipinski definition) is 2. The van der Waals surface area contributed by atoms with Crippen molar-refractivity contribution in [3.8, 4) is 0 Å². The maximum atomic E-state index is 13.5. The van der Waals surface area contributed by atoms with Crippen molar-refractivity contribution in [2.75, 3.05) is 0 Å². The van der Waals surface area contributed by atoms with Gasteiger partial charge in [0.1, 0.15) is 16.6 Å². The molecule has 5 nitrogen and oxygen atoms in total. The molecule has 3 atom stereocenters. The summed E-state index contributed by atoms with van der Waals surface area (Å²) in [7, 11) is -3.97. The normalized spacial score (nSPS) is 26.1. The zero-order valence-corrected chi connectivity index (χ0v) is 13.6. The van der Waals surface area contributed by atoms with Crippen LogP contribution in [0.3, 0.4) is 0 Å². The highest BCUT2D eigenvalue weighted by molar-refractivity contribution is 7.92. The van der Waals surface area contributed by atoms with E-state index in [-0.39, 0.29) is 10.5 Å². The molecule has 0 aromatic heterocycles. The van der Waals surface area contributed by atoms with Gasteiger partial charge in [0.2, 0.25) is 0 Å². The second kappa shape index (κ2) is 5.39. The van der Waals surface area contributed by atoms with Gasteiger partial charge < -0.3 is 10.8 Å². The van der Waals surface area contributed by atoms with Crippen LogP contribution < -0.4 is 5.73 Å². The number of halogens is 1. The van der Waals surface area contributed by atoms with Gasteiger partial charge in [0.05, 0.1) is 4.90 Å². The third kappa shape index (κ3) is 2.40. The molecule has 0 bridgehead atoms. The molecule has 126 valence electrons. The molecule has 0 radical (unpaired) electrons. The van der Waals surface area contributed by atoms with E-state index in [1.54, 1.807) is 12.1 Å². The molecule has 1 aliphatic carbocycles. The van der Waals surface area contributed by atoms with Gasteiger partial charge in [0.15, 0.2) is 9.84 Å². The van der Waals surface area contributed by atoms with Gasteiger partial charge in [-0.3, -0.25) is 4.79 Å². The first-order chi connectivity index (χ1) is 11.2. The number of rotatable bonds is 4. The van der Waals surface area contributed by atoms with E-state index < -0.39 is 38.3 Å². The topological polar surface area (TPSA) is 97.5 Å². The van der Waals surface area contributed by atoms with Crippen LogP contribution in [-0.4, -0.2) is 30.3 Å². The number of aliphatic carboxylic acids is 1. The lowest BCUT2D eigenvalue weighted by molar-refractivity contribution is -0.139. The number of hydrogen-bond acceptors (Lipinski definition) is 4. The van der Waals surface area contributed by atoms with Crippen molar-refractivity contribution in [3.63, 3.8) is 0 Å². The Hall–Kier alpha value is -2.25. The van der Waals surface area contributed by atoms with Crippen molar-refractivity contribution in [1.82, 2.24) is 0 Å². The number of carboxylic acids is 1. The van der Waals surface area contributed by atoms with Gasteiger partial charge in [-0.1, -0.05) is 29.8 Å². The summed E-state index contributed by atoms with van der Waals surface area (Å²) in [6.45, 7) is 1.81. The minimum absolute atomic E-state index is 0.00748. The second-order valence-corrected chi connectivity index (χ2v) is 8.12. The fraction of sp³-hybridized carbons (Fsp3) is 0.235. The average molecular weight is 349 g/mol. The van der Waals surface area contributed by atoms with Gasteiger partial charge >= 0.3 is 5.97 Å². The van der Waals surface area contributed by atoms with Gasteiger partial charge in [0.25, 0.3) is 0 Å². The molecule has 2 aromatic rings. The van der Waals surface area contributed by atoms with Crippen LogP contribution in [0, 0.1) is 12.7 Å². The monoisotopic (exact) mass is 349 g/mol. The molecule has 0 spiro atoms. The van der Waals surface area contributed by atoms with Gasteiger partial charge in [0, 0.05) is 5.92 Å². The number of carboxylic acid groups (broad SMARTS) is 1. The predicted molar refractivity (Wildman–Crippen MR) is 85.8 cm³/mol. The summed E-state index contributed by atoms with van der Waals surface area (Å²) in [4.78, 5) is 11.6. The van der Waals surface area contributed by atoms with E-state index in [0.717, 1.165) is 11.6 Å². The van der Waals surface area contributed by atoms with E-state index >= 15 is 0 Å². The van der Waals surface area contributed by atoms with Crippen LogP contribution in [0.5, 0.6) is 0 Å². The first kappa shape index (κ1) is 16.6. The summed E-state index contributed by atoms with van der Waals surface area (Å²) in [5.41, 5.74) is 5.08. The zero-order chi connectivity index (χ0) is 17.7. The molecule has 1 saturated carbocycles. The highest BCUT2D eigenvalue weighted by atomic mass is 32.2. The predicted octanol–water partition coefficient (Wildman–Crippen LogP) is 1.86. The van der Waals surface area contributed by atoms with Crippen molar-refractivity contribution in [2.45, 2.75) is 28.5 Å². The first-order valence-corrected chi connectivity index (χ1v) is 8.82. The molecule has 7 heteroatoms. The van der Waals surface area contributed by atoms with Crippen LogP contribution in [0.4, 0.5) is 4.39 Å². The Morgan fingerprint density at radius 1 is 1.21 bits per heavy atom. The van der Waals surface area contributed by atoms with E-state index in [2.05, 4.69) is 0 Å². The number of aryl methyl sites for hydroxylation is 1. The summed E-state index contributed by atoms with van der Waals surface area (Å²) in [5, 5.41) is 8.11. The summed E-state index contributed by atoms with van der Waals surface area (Å²) in [6.07, 6.45) is 0. The Morgan fingerprint density at radius 2 is 1.83 bits per heavy atom. The highest BCUT2D eigenvalue weighted by Crippen LogP contribution is 2.55. The van der Waals surface area contributed by atoms with E-state index in [4.69, 9.17) is 5.73 Å². The summed E-state index contributed by atoms with van der Waals surface area (Å²) in [6, 6.07) is 11.3. The van der Waals surface area contributed by atoms with Gasteiger partial charge in [-0.15, -0.1) is 0 Å². The smallest absolute Gasteiger partial charge is 0.325 e. The van der Waals surface area contributed by atoms with Crippen molar-refractivity contribution < 1.29 is 22.7 Å². The maximum Gasteiger partial charge on any atom is 0.325 e. The van der Waals surface area contributed by atoms with Crippen LogP contribution in [0.2, 0.25) is 0 Å². The lowest BCUT2D eigenvalue weighted by Crippen LogP contribution is -2.39. The van der Waals surface area contributed by atoms with Crippen LogP contribution >= 0.6 is 0 Å². The second-order valence-electron chi connectivity index (χ2n) is 6.05. The molecule has 0 aliphatic heterocycles. The Bertz CT molecular complexity index is 910. The average Bonchev–Trinajstić information content (AvgIpc) is 3.17. The summed E-state index contributed by atoms with van der Waals surface area (Å²) in [5.74, 6) is -2.99. The summed E-state index contributed by atoms with van der Waals surface area (Å²) < 4.78 is 39.2. The molecule has 0 unspecified atom stereocenters. The minimum atomic E-state index is -3.97. The first-order valence-electron chi connectivity index (χ1n) is 7.27.